The monoisotopic (exact) mass is 386 g/mol. The maximum Gasteiger partial charge on any atom is 0.120 e. The molecule has 0 saturated heterocycles. The van der Waals surface area contributed by atoms with Crippen molar-refractivity contribution in [3.63, 3.8) is 0 Å². The minimum Gasteiger partial charge on any atom is -0.104 e. The number of hydrogen-bond donors (Lipinski definition) is 0. The predicted octanol–water partition coefficient (Wildman–Crippen LogP) is 8.51. The average Bonchev–Trinajstić information content (AvgIpc) is 2.46. The van der Waals surface area contributed by atoms with Crippen LogP contribution in [0.3, 0.4) is 0 Å². The molecule has 1 atom stereocenters. The van der Waals surface area contributed by atoms with Gasteiger partial charge in [0.05, 0.1) is 0 Å². The molecule has 0 amide bonds. The van der Waals surface area contributed by atoms with Gasteiger partial charge >= 0.3 is 0 Å². The second-order valence-electron chi connectivity index (χ2n) is 6.50. The Labute approximate surface area is 157 Å². The van der Waals surface area contributed by atoms with Gasteiger partial charge in [0, 0.05) is 10.5 Å². The van der Waals surface area contributed by atoms with Crippen LogP contribution in [-0.2, 0) is 0 Å². The SMILES string of the molecule is CCCCCCC(CCCCCC)[C@@H](SSC(C)C)C(Cl)Cl. The Balaban J connectivity index is 4.44. The Morgan fingerprint density at radius 1 is 0.727 bits per heavy atom. The lowest BCUT2D eigenvalue weighted by Gasteiger charge is -2.28. The van der Waals surface area contributed by atoms with E-state index in [4.69, 9.17) is 23.2 Å². The first-order valence-corrected chi connectivity index (χ1v) is 12.3. The van der Waals surface area contributed by atoms with Crippen molar-refractivity contribution in [1.82, 2.24) is 0 Å². The molecule has 0 aromatic carbocycles. The van der Waals surface area contributed by atoms with Gasteiger partial charge in [0.2, 0.25) is 0 Å². The first-order chi connectivity index (χ1) is 10.5. The van der Waals surface area contributed by atoms with Gasteiger partial charge in [0.15, 0.2) is 0 Å². The first kappa shape index (κ1) is 23.3. The van der Waals surface area contributed by atoms with E-state index in [1.54, 1.807) is 0 Å². The van der Waals surface area contributed by atoms with Crippen LogP contribution in [0.25, 0.3) is 0 Å². The second kappa shape index (κ2) is 15.8. The molecule has 0 fully saturated rings. The van der Waals surface area contributed by atoms with Crippen LogP contribution >= 0.6 is 44.8 Å². The van der Waals surface area contributed by atoms with Gasteiger partial charge in [-0.05, 0) is 18.8 Å². The molecule has 0 aliphatic carbocycles. The zero-order chi connectivity index (χ0) is 16.8. The number of rotatable bonds is 15. The Morgan fingerprint density at radius 3 is 1.59 bits per heavy atom. The van der Waals surface area contributed by atoms with Crippen LogP contribution in [0, 0.1) is 5.92 Å². The average molecular weight is 388 g/mol. The van der Waals surface area contributed by atoms with Gasteiger partial charge in [-0.2, -0.15) is 0 Å². The molecule has 0 saturated carbocycles. The largest absolute Gasteiger partial charge is 0.120 e. The Kier molecular flexibility index (Phi) is 16.7. The zero-order valence-electron chi connectivity index (χ0n) is 15.0. The van der Waals surface area contributed by atoms with Crippen LogP contribution in [-0.4, -0.2) is 15.3 Å². The lowest BCUT2D eigenvalue weighted by atomic mass is 9.92. The van der Waals surface area contributed by atoms with E-state index in [1.165, 1.54) is 64.2 Å². The standard InChI is InChI=1S/C18H36Cl2S2/c1-5-7-9-11-13-16(14-12-10-8-6-2)17(18(19)20)22-21-15(3)4/h15-18H,5-14H2,1-4H3/t17-/m1/s1. The highest BCUT2D eigenvalue weighted by atomic mass is 35.5. The van der Waals surface area contributed by atoms with Crippen molar-refractivity contribution < 1.29 is 0 Å². The van der Waals surface area contributed by atoms with E-state index in [0.717, 1.165) is 0 Å². The van der Waals surface area contributed by atoms with Crippen molar-refractivity contribution in [3.05, 3.63) is 0 Å². The summed E-state index contributed by atoms with van der Waals surface area (Å²) in [4.78, 5) is -0.251. The van der Waals surface area contributed by atoms with Gasteiger partial charge in [-0.15, -0.1) is 23.2 Å². The molecule has 0 heterocycles. The predicted molar refractivity (Wildman–Crippen MR) is 111 cm³/mol. The number of halogens is 2. The molecule has 0 aromatic rings. The fourth-order valence-corrected chi connectivity index (χ4v) is 6.45. The number of alkyl halides is 2. The molecule has 0 nitrogen and oxygen atoms in total. The molecule has 0 unspecified atom stereocenters. The molecule has 0 radical (unpaired) electrons. The van der Waals surface area contributed by atoms with Gasteiger partial charge in [0.25, 0.3) is 0 Å². The van der Waals surface area contributed by atoms with Crippen molar-refractivity contribution in [3.8, 4) is 0 Å². The van der Waals surface area contributed by atoms with Crippen LogP contribution in [0.4, 0.5) is 0 Å². The molecule has 0 aliphatic rings. The molecule has 22 heavy (non-hydrogen) atoms. The molecule has 0 rings (SSSR count). The van der Waals surface area contributed by atoms with Crippen LogP contribution in [0.1, 0.15) is 91.9 Å². The summed E-state index contributed by atoms with van der Waals surface area (Å²) in [5.74, 6) is 0.671. The highest BCUT2D eigenvalue weighted by Crippen LogP contribution is 2.42. The highest BCUT2D eigenvalue weighted by molar-refractivity contribution is 8.77. The lowest BCUT2D eigenvalue weighted by Crippen LogP contribution is -2.24. The van der Waals surface area contributed by atoms with Crippen molar-refractivity contribution in [2.24, 2.45) is 5.92 Å². The summed E-state index contributed by atoms with van der Waals surface area (Å²) >= 11 is 12.7. The minimum atomic E-state index is -0.251. The molecular formula is C18H36Cl2S2. The van der Waals surface area contributed by atoms with Gasteiger partial charge < -0.3 is 0 Å². The zero-order valence-corrected chi connectivity index (χ0v) is 18.1. The number of unbranched alkanes of at least 4 members (excludes halogenated alkanes) is 6. The normalized spacial score (nSPS) is 13.5. The summed E-state index contributed by atoms with van der Waals surface area (Å²) in [5.41, 5.74) is 0. The Morgan fingerprint density at radius 2 is 1.23 bits per heavy atom. The maximum absolute atomic E-state index is 6.33. The third-order valence-corrected chi connectivity index (χ3v) is 8.30. The summed E-state index contributed by atoms with van der Waals surface area (Å²) in [5, 5.41) is 0.999. The summed E-state index contributed by atoms with van der Waals surface area (Å²) in [7, 11) is 3.86. The van der Waals surface area contributed by atoms with E-state index < -0.39 is 0 Å². The quantitative estimate of drug-likeness (QED) is 0.157. The third kappa shape index (κ3) is 12.7. The van der Waals surface area contributed by atoms with E-state index in [9.17, 15) is 0 Å². The maximum atomic E-state index is 6.33. The van der Waals surface area contributed by atoms with Crippen molar-refractivity contribution in [2.75, 3.05) is 0 Å². The van der Waals surface area contributed by atoms with Gasteiger partial charge in [0.1, 0.15) is 4.84 Å². The van der Waals surface area contributed by atoms with Gasteiger partial charge in [-0.1, -0.05) is 101 Å². The number of hydrogen-bond acceptors (Lipinski definition) is 2. The highest BCUT2D eigenvalue weighted by Gasteiger charge is 2.27. The summed E-state index contributed by atoms with van der Waals surface area (Å²) in [6, 6.07) is 0. The molecule has 4 heteroatoms. The van der Waals surface area contributed by atoms with E-state index in [-0.39, 0.29) is 4.84 Å². The fourth-order valence-electron chi connectivity index (χ4n) is 2.64. The summed E-state index contributed by atoms with van der Waals surface area (Å²) in [6.45, 7) is 9.02. The Bertz CT molecular complexity index is 223. The second-order valence-corrected chi connectivity index (χ2v) is 10.7. The van der Waals surface area contributed by atoms with E-state index in [0.29, 0.717) is 16.4 Å². The van der Waals surface area contributed by atoms with Crippen molar-refractivity contribution in [2.45, 2.75) is 107 Å². The molecular weight excluding hydrogens is 351 g/mol. The van der Waals surface area contributed by atoms with Crippen LogP contribution in [0.2, 0.25) is 0 Å². The van der Waals surface area contributed by atoms with Crippen molar-refractivity contribution in [1.29, 1.82) is 0 Å². The van der Waals surface area contributed by atoms with Crippen LogP contribution in [0.5, 0.6) is 0 Å². The first-order valence-electron chi connectivity index (χ1n) is 9.13. The molecule has 0 bridgehead atoms. The summed E-state index contributed by atoms with van der Waals surface area (Å²) in [6.07, 6.45) is 13.3. The molecule has 0 spiro atoms. The third-order valence-electron chi connectivity index (χ3n) is 3.93. The summed E-state index contributed by atoms with van der Waals surface area (Å²) < 4.78 is 0. The van der Waals surface area contributed by atoms with Crippen molar-refractivity contribution >= 4 is 44.8 Å². The van der Waals surface area contributed by atoms with Crippen LogP contribution < -0.4 is 0 Å². The lowest BCUT2D eigenvalue weighted by molar-refractivity contribution is 0.401. The van der Waals surface area contributed by atoms with Crippen LogP contribution in [0.15, 0.2) is 0 Å². The fraction of sp³-hybridized carbons (Fsp3) is 1.00. The minimum absolute atomic E-state index is 0.251. The topological polar surface area (TPSA) is 0 Å². The molecule has 0 N–H and O–H groups in total. The smallest absolute Gasteiger partial charge is 0.104 e. The van der Waals surface area contributed by atoms with Gasteiger partial charge in [-0.3, -0.25) is 0 Å². The van der Waals surface area contributed by atoms with E-state index >= 15 is 0 Å². The van der Waals surface area contributed by atoms with E-state index in [2.05, 4.69) is 27.7 Å². The molecule has 0 aliphatic heterocycles. The van der Waals surface area contributed by atoms with Gasteiger partial charge in [-0.25, -0.2) is 0 Å². The molecule has 134 valence electrons. The Hall–Kier alpha value is 1.28. The molecule has 0 aromatic heterocycles. The van der Waals surface area contributed by atoms with E-state index in [1.807, 2.05) is 21.6 Å².